The molecular formula is C12H19NOS. The van der Waals surface area contributed by atoms with E-state index in [4.69, 9.17) is 10.5 Å². The minimum absolute atomic E-state index is 0.170. The average Bonchev–Trinajstić information content (AvgIpc) is 2.20. The predicted octanol–water partition coefficient (Wildman–Crippen LogP) is 2.70. The van der Waals surface area contributed by atoms with Crippen molar-refractivity contribution >= 4 is 11.8 Å². The van der Waals surface area contributed by atoms with E-state index in [0.29, 0.717) is 0 Å². The topological polar surface area (TPSA) is 35.2 Å². The third-order valence-corrected chi connectivity index (χ3v) is 2.99. The van der Waals surface area contributed by atoms with E-state index in [-0.39, 0.29) is 6.04 Å². The number of hydrogen-bond acceptors (Lipinski definition) is 3. The quantitative estimate of drug-likeness (QED) is 0.783. The molecule has 15 heavy (non-hydrogen) atoms. The van der Waals surface area contributed by atoms with Gasteiger partial charge in [0.1, 0.15) is 5.75 Å². The molecule has 1 aromatic rings. The fraction of sp³-hybridized carbons (Fsp3) is 0.500. The van der Waals surface area contributed by atoms with Gasteiger partial charge in [-0.3, -0.25) is 0 Å². The standard InChI is InChI=1S/C12H19NOS/c1-4-15-11-6-5-10(7-9(2)13)12(8-11)14-3/h5-6,8-9H,4,7,13H2,1-3H3. The molecule has 0 spiro atoms. The lowest BCUT2D eigenvalue weighted by molar-refractivity contribution is 0.407. The molecule has 0 saturated carbocycles. The largest absolute Gasteiger partial charge is 0.496 e. The lowest BCUT2D eigenvalue weighted by Crippen LogP contribution is -2.18. The molecule has 0 fully saturated rings. The summed E-state index contributed by atoms with van der Waals surface area (Å²) in [6, 6.07) is 6.50. The van der Waals surface area contributed by atoms with Gasteiger partial charge in [-0.05, 0) is 36.8 Å². The van der Waals surface area contributed by atoms with Crippen molar-refractivity contribution in [2.75, 3.05) is 12.9 Å². The molecule has 1 aromatic carbocycles. The molecule has 0 aliphatic heterocycles. The van der Waals surface area contributed by atoms with E-state index in [0.717, 1.165) is 17.9 Å². The lowest BCUT2D eigenvalue weighted by atomic mass is 10.1. The molecule has 1 atom stereocenters. The molecule has 0 saturated heterocycles. The summed E-state index contributed by atoms with van der Waals surface area (Å²) >= 11 is 1.82. The van der Waals surface area contributed by atoms with Crippen molar-refractivity contribution in [2.24, 2.45) is 5.73 Å². The molecule has 0 aromatic heterocycles. The van der Waals surface area contributed by atoms with Crippen LogP contribution in [0.2, 0.25) is 0 Å². The van der Waals surface area contributed by atoms with Gasteiger partial charge in [0.2, 0.25) is 0 Å². The van der Waals surface area contributed by atoms with Crippen LogP contribution >= 0.6 is 11.8 Å². The summed E-state index contributed by atoms with van der Waals surface area (Å²) < 4.78 is 5.36. The third-order valence-electron chi connectivity index (χ3n) is 2.11. The van der Waals surface area contributed by atoms with Gasteiger partial charge in [0.25, 0.3) is 0 Å². The van der Waals surface area contributed by atoms with Gasteiger partial charge in [-0.15, -0.1) is 11.8 Å². The van der Waals surface area contributed by atoms with Gasteiger partial charge < -0.3 is 10.5 Å². The number of rotatable bonds is 5. The van der Waals surface area contributed by atoms with E-state index >= 15 is 0 Å². The summed E-state index contributed by atoms with van der Waals surface area (Å²) in [5.74, 6) is 2.03. The molecular weight excluding hydrogens is 206 g/mol. The van der Waals surface area contributed by atoms with Crippen LogP contribution in [0.4, 0.5) is 0 Å². The van der Waals surface area contributed by atoms with Crippen LogP contribution in [-0.4, -0.2) is 18.9 Å². The normalized spacial score (nSPS) is 12.5. The van der Waals surface area contributed by atoms with Crippen LogP contribution in [0.3, 0.4) is 0 Å². The number of thioether (sulfide) groups is 1. The fourth-order valence-corrected chi connectivity index (χ4v) is 2.18. The first-order valence-electron chi connectivity index (χ1n) is 5.22. The highest BCUT2D eigenvalue weighted by atomic mass is 32.2. The van der Waals surface area contributed by atoms with Crippen molar-refractivity contribution in [3.05, 3.63) is 23.8 Å². The van der Waals surface area contributed by atoms with Gasteiger partial charge in [0, 0.05) is 10.9 Å². The van der Waals surface area contributed by atoms with E-state index in [1.165, 1.54) is 10.5 Å². The SMILES string of the molecule is CCSc1ccc(CC(C)N)c(OC)c1. The zero-order chi connectivity index (χ0) is 11.3. The maximum atomic E-state index is 5.78. The van der Waals surface area contributed by atoms with Gasteiger partial charge >= 0.3 is 0 Å². The number of hydrogen-bond donors (Lipinski definition) is 1. The van der Waals surface area contributed by atoms with Gasteiger partial charge in [-0.1, -0.05) is 13.0 Å². The molecule has 0 bridgehead atoms. The monoisotopic (exact) mass is 225 g/mol. The summed E-state index contributed by atoms with van der Waals surface area (Å²) in [5, 5.41) is 0. The van der Waals surface area contributed by atoms with Gasteiger partial charge in [-0.25, -0.2) is 0 Å². The van der Waals surface area contributed by atoms with Gasteiger partial charge in [0.15, 0.2) is 0 Å². The maximum Gasteiger partial charge on any atom is 0.123 e. The molecule has 1 rings (SSSR count). The van der Waals surface area contributed by atoms with E-state index in [1.807, 2.05) is 18.7 Å². The molecule has 0 heterocycles. The molecule has 2 nitrogen and oxygen atoms in total. The second-order valence-electron chi connectivity index (χ2n) is 3.59. The molecule has 3 heteroatoms. The average molecular weight is 225 g/mol. The molecule has 1 unspecified atom stereocenters. The fourth-order valence-electron chi connectivity index (χ4n) is 1.50. The first kappa shape index (κ1) is 12.4. The van der Waals surface area contributed by atoms with Crippen molar-refractivity contribution in [3.8, 4) is 5.75 Å². The lowest BCUT2D eigenvalue weighted by Gasteiger charge is -2.12. The van der Waals surface area contributed by atoms with E-state index in [2.05, 4.69) is 25.1 Å². The Hall–Kier alpha value is -0.670. The Kier molecular flexibility index (Phi) is 4.99. The van der Waals surface area contributed by atoms with E-state index in [1.54, 1.807) is 7.11 Å². The van der Waals surface area contributed by atoms with Crippen molar-refractivity contribution in [1.82, 2.24) is 0 Å². The molecule has 0 amide bonds. The predicted molar refractivity (Wildman–Crippen MR) is 66.7 cm³/mol. The summed E-state index contributed by atoms with van der Waals surface area (Å²) in [6.07, 6.45) is 0.861. The maximum absolute atomic E-state index is 5.78. The molecule has 0 radical (unpaired) electrons. The summed E-state index contributed by atoms with van der Waals surface area (Å²) in [5.41, 5.74) is 6.97. The van der Waals surface area contributed by atoms with Crippen LogP contribution in [0.15, 0.2) is 23.1 Å². The smallest absolute Gasteiger partial charge is 0.123 e. The number of ether oxygens (including phenoxy) is 1. The summed E-state index contributed by atoms with van der Waals surface area (Å²) in [4.78, 5) is 1.25. The number of methoxy groups -OCH3 is 1. The summed E-state index contributed by atoms with van der Waals surface area (Å²) in [6.45, 7) is 4.15. The highest BCUT2D eigenvalue weighted by Crippen LogP contribution is 2.27. The van der Waals surface area contributed by atoms with Crippen LogP contribution in [0.5, 0.6) is 5.75 Å². The Morgan fingerprint density at radius 1 is 1.47 bits per heavy atom. The number of benzene rings is 1. The van der Waals surface area contributed by atoms with Crippen molar-refractivity contribution in [1.29, 1.82) is 0 Å². The third kappa shape index (κ3) is 3.76. The Morgan fingerprint density at radius 2 is 2.20 bits per heavy atom. The molecule has 84 valence electrons. The Bertz CT molecular complexity index is 312. The van der Waals surface area contributed by atoms with Crippen molar-refractivity contribution < 1.29 is 4.74 Å². The Labute approximate surface area is 96.2 Å². The summed E-state index contributed by atoms with van der Waals surface area (Å²) in [7, 11) is 1.71. The molecule has 0 aliphatic rings. The van der Waals surface area contributed by atoms with Crippen molar-refractivity contribution in [2.45, 2.75) is 31.2 Å². The van der Waals surface area contributed by atoms with Crippen LogP contribution in [0, 0.1) is 0 Å². The minimum atomic E-state index is 0.170. The minimum Gasteiger partial charge on any atom is -0.496 e. The molecule has 2 N–H and O–H groups in total. The van der Waals surface area contributed by atoms with Crippen LogP contribution in [-0.2, 0) is 6.42 Å². The second-order valence-corrected chi connectivity index (χ2v) is 4.93. The van der Waals surface area contributed by atoms with E-state index < -0.39 is 0 Å². The molecule has 0 aliphatic carbocycles. The van der Waals surface area contributed by atoms with Crippen LogP contribution in [0.1, 0.15) is 19.4 Å². The Morgan fingerprint density at radius 3 is 2.73 bits per heavy atom. The first-order chi connectivity index (χ1) is 7.17. The highest BCUT2D eigenvalue weighted by molar-refractivity contribution is 7.99. The number of nitrogens with two attached hydrogens (primary N) is 1. The van der Waals surface area contributed by atoms with E-state index in [9.17, 15) is 0 Å². The Balaban J connectivity index is 2.88. The zero-order valence-corrected chi connectivity index (χ0v) is 10.4. The van der Waals surface area contributed by atoms with Gasteiger partial charge in [-0.2, -0.15) is 0 Å². The van der Waals surface area contributed by atoms with Gasteiger partial charge in [0.05, 0.1) is 7.11 Å². The van der Waals surface area contributed by atoms with Crippen LogP contribution in [0.25, 0.3) is 0 Å². The van der Waals surface area contributed by atoms with Crippen LogP contribution < -0.4 is 10.5 Å². The zero-order valence-electron chi connectivity index (χ0n) is 9.62. The highest BCUT2D eigenvalue weighted by Gasteiger charge is 2.06. The second kappa shape index (κ2) is 6.03. The van der Waals surface area contributed by atoms with Crippen molar-refractivity contribution in [3.63, 3.8) is 0 Å². The first-order valence-corrected chi connectivity index (χ1v) is 6.21.